The van der Waals surface area contributed by atoms with Gasteiger partial charge < -0.3 is 10.8 Å². The van der Waals surface area contributed by atoms with E-state index < -0.39 is 0 Å². The van der Waals surface area contributed by atoms with E-state index >= 15 is 0 Å². The van der Waals surface area contributed by atoms with Crippen molar-refractivity contribution in [2.45, 2.75) is 0 Å². The number of hydrogen-bond donors (Lipinski definition) is 2. The van der Waals surface area contributed by atoms with Gasteiger partial charge in [0.25, 0.3) is 0 Å². The maximum absolute atomic E-state index is 9.25. The highest BCUT2D eigenvalue weighted by atomic mass is 32.1. The fourth-order valence-electron chi connectivity index (χ4n) is 1.75. The van der Waals surface area contributed by atoms with E-state index in [1.807, 2.05) is 29.8 Å². The fraction of sp³-hybridized carbons (Fsp3) is 0. The molecule has 2 aromatic heterocycles. The third kappa shape index (κ3) is 1.72. The molecule has 84 valence electrons. The van der Waals surface area contributed by atoms with Crippen LogP contribution in [0, 0.1) is 0 Å². The van der Waals surface area contributed by atoms with Crippen LogP contribution in [0.1, 0.15) is 0 Å². The fourth-order valence-corrected chi connectivity index (χ4v) is 2.53. The molecular weight excluding hydrogens is 232 g/mol. The molecule has 0 saturated carbocycles. The molecule has 0 unspecified atom stereocenters. The zero-order valence-electron chi connectivity index (χ0n) is 8.92. The summed E-state index contributed by atoms with van der Waals surface area (Å²) in [5.74, 6) is 0.262. The van der Waals surface area contributed by atoms with Gasteiger partial charge >= 0.3 is 0 Å². The Hall–Kier alpha value is -2.07. The molecule has 1 aromatic carbocycles. The third-order valence-corrected chi connectivity index (χ3v) is 3.58. The lowest BCUT2D eigenvalue weighted by Gasteiger charge is -2.02. The molecule has 0 aliphatic rings. The molecule has 0 spiro atoms. The van der Waals surface area contributed by atoms with Crippen molar-refractivity contribution in [2.24, 2.45) is 0 Å². The van der Waals surface area contributed by atoms with Crippen LogP contribution in [0.25, 0.3) is 21.3 Å². The molecule has 3 N–H and O–H groups in total. The van der Waals surface area contributed by atoms with Gasteiger partial charge in [-0.05, 0) is 23.8 Å². The van der Waals surface area contributed by atoms with Crippen LogP contribution in [0.2, 0.25) is 0 Å². The number of phenolic OH excluding ortho intramolecular Hbond substituents is 1. The second-order valence-corrected chi connectivity index (χ2v) is 4.67. The van der Waals surface area contributed by atoms with Crippen molar-refractivity contribution in [3.8, 4) is 16.9 Å². The highest BCUT2D eigenvalue weighted by Gasteiger charge is 2.05. The molecule has 3 aromatic rings. The Morgan fingerprint density at radius 3 is 2.65 bits per heavy atom. The standard InChI is InChI=1S/C13H10N2OS/c14-12-7-17-13-11(12)5-9(6-15-13)8-1-3-10(16)4-2-8/h1-7,16H,14H2. The number of aromatic nitrogens is 1. The lowest BCUT2D eigenvalue weighted by atomic mass is 10.1. The van der Waals surface area contributed by atoms with Crippen LogP contribution in [0.15, 0.2) is 41.9 Å². The molecular formula is C13H10N2OS. The number of pyridine rings is 1. The minimum absolute atomic E-state index is 0.262. The molecule has 0 fully saturated rings. The van der Waals surface area contributed by atoms with E-state index in [0.29, 0.717) is 0 Å². The largest absolute Gasteiger partial charge is 0.508 e. The van der Waals surface area contributed by atoms with Crippen molar-refractivity contribution in [2.75, 3.05) is 5.73 Å². The van der Waals surface area contributed by atoms with Gasteiger partial charge in [0.15, 0.2) is 0 Å². The van der Waals surface area contributed by atoms with E-state index in [9.17, 15) is 5.11 Å². The SMILES string of the molecule is Nc1csc2ncc(-c3ccc(O)cc3)cc12. The zero-order chi connectivity index (χ0) is 11.8. The van der Waals surface area contributed by atoms with E-state index in [-0.39, 0.29) is 5.75 Å². The molecule has 0 radical (unpaired) electrons. The second-order valence-electron chi connectivity index (χ2n) is 3.81. The first-order valence-corrected chi connectivity index (χ1v) is 6.04. The van der Waals surface area contributed by atoms with Gasteiger partial charge in [-0.15, -0.1) is 11.3 Å². The van der Waals surface area contributed by atoms with Gasteiger partial charge in [-0.25, -0.2) is 4.98 Å². The number of benzene rings is 1. The minimum Gasteiger partial charge on any atom is -0.508 e. The smallest absolute Gasteiger partial charge is 0.125 e. The van der Waals surface area contributed by atoms with Crippen molar-refractivity contribution >= 4 is 27.2 Å². The summed E-state index contributed by atoms with van der Waals surface area (Å²) in [4.78, 5) is 5.33. The second kappa shape index (κ2) is 3.75. The molecule has 17 heavy (non-hydrogen) atoms. The normalized spacial score (nSPS) is 10.8. The lowest BCUT2D eigenvalue weighted by molar-refractivity contribution is 0.475. The topological polar surface area (TPSA) is 59.1 Å². The van der Waals surface area contributed by atoms with Gasteiger partial charge in [0.05, 0.1) is 5.69 Å². The third-order valence-electron chi connectivity index (χ3n) is 2.66. The van der Waals surface area contributed by atoms with Crippen molar-refractivity contribution in [3.63, 3.8) is 0 Å². The highest BCUT2D eigenvalue weighted by Crippen LogP contribution is 2.30. The van der Waals surface area contributed by atoms with E-state index in [1.165, 1.54) is 0 Å². The number of anilines is 1. The van der Waals surface area contributed by atoms with E-state index in [4.69, 9.17) is 5.73 Å². The number of nitrogen functional groups attached to an aromatic ring is 1. The molecule has 3 nitrogen and oxygen atoms in total. The Labute approximate surface area is 102 Å². The Bertz CT molecular complexity index is 673. The van der Waals surface area contributed by atoms with Crippen molar-refractivity contribution in [1.29, 1.82) is 0 Å². The molecule has 4 heteroatoms. The molecule has 0 aliphatic carbocycles. The Morgan fingerprint density at radius 1 is 1.12 bits per heavy atom. The van der Waals surface area contributed by atoms with Gasteiger partial charge in [-0.1, -0.05) is 12.1 Å². The first-order chi connectivity index (χ1) is 8.24. The van der Waals surface area contributed by atoms with Gasteiger partial charge in [-0.2, -0.15) is 0 Å². The number of nitrogens with two attached hydrogens (primary N) is 1. The molecule has 3 rings (SSSR count). The average Bonchev–Trinajstić information content (AvgIpc) is 2.72. The van der Waals surface area contributed by atoms with Crippen molar-refractivity contribution < 1.29 is 5.11 Å². The first-order valence-electron chi connectivity index (χ1n) is 5.16. The number of aromatic hydroxyl groups is 1. The molecule has 0 atom stereocenters. The van der Waals surface area contributed by atoms with E-state index in [0.717, 1.165) is 27.0 Å². The summed E-state index contributed by atoms with van der Waals surface area (Å²) in [7, 11) is 0. The molecule has 0 aliphatic heterocycles. The number of rotatable bonds is 1. The van der Waals surface area contributed by atoms with Crippen molar-refractivity contribution in [1.82, 2.24) is 4.98 Å². The van der Waals surface area contributed by atoms with Crippen LogP contribution in [0.5, 0.6) is 5.75 Å². The molecule has 2 heterocycles. The Morgan fingerprint density at radius 2 is 1.88 bits per heavy atom. The average molecular weight is 242 g/mol. The Kier molecular flexibility index (Phi) is 2.23. The Balaban J connectivity index is 2.17. The zero-order valence-corrected chi connectivity index (χ0v) is 9.74. The van der Waals surface area contributed by atoms with Crippen LogP contribution >= 0.6 is 11.3 Å². The van der Waals surface area contributed by atoms with Gasteiger partial charge in [0, 0.05) is 22.5 Å². The van der Waals surface area contributed by atoms with E-state index in [2.05, 4.69) is 4.98 Å². The van der Waals surface area contributed by atoms with Gasteiger partial charge in [0.1, 0.15) is 10.6 Å². The maximum atomic E-state index is 9.25. The summed E-state index contributed by atoms with van der Waals surface area (Å²) in [6.45, 7) is 0. The lowest BCUT2D eigenvalue weighted by Crippen LogP contribution is -1.84. The predicted molar refractivity (Wildman–Crippen MR) is 71.1 cm³/mol. The molecule has 0 saturated heterocycles. The summed E-state index contributed by atoms with van der Waals surface area (Å²) < 4.78 is 0. The van der Waals surface area contributed by atoms with Gasteiger partial charge in [-0.3, -0.25) is 0 Å². The highest BCUT2D eigenvalue weighted by molar-refractivity contribution is 7.17. The van der Waals surface area contributed by atoms with Gasteiger partial charge in [0.2, 0.25) is 0 Å². The monoisotopic (exact) mass is 242 g/mol. The van der Waals surface area contributed by atoms with Crippen LogP contribution in [0.4, 0.5) is 5.69 Å². The van der Waals surface area contributed by atoms with Crippen LogP contribution in [-0.2, 0) is 0 Å². The molecule has 0 amide bonds. The summed E-state index contributed by atoms with van der Waals surface area (Å²) in [5.41, 5.74) is 8.66. The predicted octanol–water partition coefficient (Wildman–Crippen LogP) is 3.25. The summed E-state index contributed by atoms with van der Waals surface area (Å²) >= 11 is 1.54. The number of fused-ring (bicyclic) bond motifs is 1. The number of phenols is 1. The maximum Gasteiger partial charge on any atom is 0.125 e. The summed E-state index contributed by atoms with van der Waals surface area (Å²) in [6, 6.07) is 9.08. The number of nitrogens with zero attached hydrogens (tertiary/aromatic N) is 1. The van der Waals surface area contributed by atoms with Crippen LogP contribution in [0.3, 0.4) is 0 Å². The quantitative estimate of drug-likeness (QED) is 0.688. The van der Waals surface area contributed by atoms with Crippen molar-refractivity contribution in [3.05, 3.63) is 41.9 Å². The van der Waals surface area contributed by atoms with E-state index in [1.54, 1.807) is 23.5 Å². The summed E-state index contributed by atoms with van der Waals surface area (Å²) in [6.07, 6.45) is 1.82. The number of thiophene rings is 1. The van der Waals surface area contributed by atoms with Crippen LogP contribution in [-0.4, -0.2) is 10.1 Å². The first kappa shape index (κ1) is 10.1. The summed E-state index contributed by atoms with van der Waals surface area (Å²) in [5, 5.41) is 12.1. The molecule has 0 bridgehead atoms. The van der Waals surface area contributed by atoms with Crippen LogP contribution < -0.4 is 5.73 Å². The number of hydrogen-bond acceptors (Lipinski definition) is 4. The minimum atomic E-state index is 0.262.